The summed E-state index contributed by atoms with van der Waals surface area (Å²) in [5, 5.41) is 7.93. The van der Waals surface area contributed by atoms with E-state index >= 15 is 0 Å². The van der Waals surface area contributed by atoms with Crippen molar-refractivity contribution >= 4 is 23.4 Å². The Morgan fingerprint density at radius 3 is 2.44 bits per heavy atom. The number of unbranched alkanes of at least 4 members (excludes halogenated alkanes) is 1. The molecule has 3 amide bonds. The van der Waals surface area contributed by atoms with E-state index in [-0.39, 0.29) is 23.4 Å². The Morgan fingerprint density at radius 2 is 1.83 bits per heavy atom. The van der Waals surface area contributed by atoms with Gasteiger partial charge in [0.05, 0.1) is 6.04 Å². The van der Waals surface area contributed by atoms with Gasteiger partial charge in [0.2, 0.25) is 5.82 Å². The molecule has 1 atom stereocenters. The molecular formula is C24H27F3N6O3. The SMILES string of the molecule is CCCCn1cc(NC(=O)Nc2ccc(OC(F)(F)F)cc2)nc1C(=O)NC(C)c1ccc(C)nc1. The van der Waals surface area contributed by atoms with Gasteiger partial charge in [-0.15, -0.1) is 13.2 Å². The van der Waals surface area contributed by atoms with Crippen LogP contribution < -0.4 is 20.7 Å². The molecule has 0 aliphatic rings. The summed E-state index contributed by atoms with van der Waals surface area (Å²) < 4.78 is 42.3. The van der Waals surface area contributed by atoms with Crippen molar-refractivity contribution in [1.82, 2.24) is 19.9 Å². The lowest BCUT2D eigenvalue weighted by atomic mass is 10.1. The van der Waals surface area contributed by atoms with Crippen LogP contribution in [0.1, 0.15) is 54.6 Å². The minimum absolute atomic E-state index is 0.138. The third kappa shape index (κ3) is 7.72. The monoisotopic (exact) mass is 504 g/mol. The van der Waals surface area contributed by atoms with Crippen LogP contribution in [0.3, 0.4) is 0 Å². The third-order valence-corrected chi connectivity index (χ3v) is 5.10. The number of hydrogen-bond acceptors (Lipinski definition) is 5. The number of nitrogens with zero attached hydrogens (tertiary/aromatic N) is 3. The van der Waals surface area contributed by atoms with Gasteiger partial charge in [-0.1, -0.05) is 19.4 Å². The van der Waals surface area contributed by atoms with Crippen molar-refractivity contribution in [3.63, 3.8) is 0 Å². The Kier molecular flexibility index (Phi) is 8.51. The highest BCUT2D eigenvalue weighted by Gasteiger charge is 2.31. The predicted molar refractivity (Wildman–Crippen MR) is 128 cm³/mol. The molecule has 0 aliphatic heterocycles. The Labute approximate surface area is 206 Å². The number of rotatable bonds is 9. The molecule has 0 spiro atoms. The number of aromatic nitrogens is 3. The molecule has 0 saturated heterocycles. The normalized spacial score (nSPS) is 12.1. The molecule has 2 heterocycles. The van der Waals surface area contributed by atoms with Gasteiger partial charge in [0, 0.05) is 30.3 Å². The zero-order chi connectivity index (χ0) is 26.3. The van der Waals surface area contributed by atoms with Crippen LogP contribution >= 0.6 is 0 Å². The van der Waals surface area contributed by atoms with Crippen LogP contribution in [0.2, 0.25) is 0 Å². The van der Waals surface area contributed by atoms with Crippen LogP contribution in [0.4, 0.5) is 29.5 Å². The van der Waals surface area contributed by atoms with Crippen LogP contribution in [0, 0.1) is 6.92 Å². The molecule has 192 valence electrons. The summed E-state index contributed by atoms with van der Waals surface area (Å²) in [7, 11) is 0. The fourth-order valence-corrected chi connectivity index (χ4v) is 3.25. The molecule has 0 bridgehead atoms. The lowest BCUT2D eigenvalue weighted by Crippen LogP contribution is -2.29. The van der Waals surface area contributed by atoms with Gasteiger partial charge in [-0.3, -0.25) is 15.1 Å². The highest BCUT2D eigenvalue weighted by Crippen LogP contribution is 2.24. The summed E-state index contributed by atoms with van der Waals surface area (Å²) >= 11 is 0. The zero-order valence-corrected chi connectivity index (χ0v) is 20.0. The smallest absolute Gasteiger partial charge is 0.406 e. The first-order valence-electron chi connectivity index (χ1n) is 11.3. The fourth-order valence-electron chi connectivity index (χ4n) is 3.25. The number of imidazole rings is 1. The highest BCUT2D eigenvalue weighted by atomic mass is 19.4. The molecule has 3 aromatic rings. The predicted octanol–water partition coefficient (Wildman–Crippen LogP) is 5.42. The number of pyridine rings is 1. The molecule has 1 unspecified atom stereocenters. The van der Waals surface area contributed by atoms with E-state index in [9.17, 15) is 22.8 Å². The Morgan fingerprint density at radius 1 is 1.11 bits per heavy atom. The second-order valence-electron chi connectivity index (χ2n) is 8.08. The first-order valence-corrected chi connectivity index (χ1v) is 11.3. The van der Waals surface area contributed by atoms with Crippen LogP contribution in [-0.2, 0) is 6.54 Å². The van der Waals surface area contributed by atoms with Crippen LogP contribution in [0.15, 0.2) is 48.8 Å². The Bertz CT molecular complexity index is 1180. The van der Waals surface area contributed by atoms with E-state index in [1.54, 1.807) is 17.0 Å². The van der Waals surface area contributed by atoms with Crippen molar-refractivity contribution < 1.29 is 27.5 Å². The van der Waals surface area contributed by atoms with Crippen molar-refractivity contribution in [2.75, 3.05) is 10.6 Å². The van der Waals surface area contributed by atoms with Gasteiger partial charge >= 0.3 is 12.4 Å². The number of carbonyl (C=O) groups excluding carboxylic acids is 2. The number of nitrogens with one attached hydrogen (secondary N) is 3. The van der Waals surface area contributed by atoms with Crippen molar-refractivity contribution in [2.45, 2.75) is 52.6 Å². The summed E-state index contributed by atoms with van der Waals surface area (Å²) in [6.45, 7) is 6.25. The van der Waals surface area contributed by atoms with Gasteiger partial charge < -0.3 is 19.9 Å². The van der Waals surface area contributed by atoms with E-state index in [1.807, 2.05) is 32.9 Å². The molecule has 0 saturated carbocycles. The highest BCUT2D eigenvalue weighted by molar-refractivity contribution is 6.00. The number of aryl methyl sites for hydroxylation is 2. The molecular weight excluding hydrogens is 477 g/mol. The molecule has 0 radical (unpaired) electrons. The van der Waals surface area contributed by atoms with Crippen molar-refractivity contribution in [1.29, 1.82) is 0 Å². The second-order valence-corrected chi connectivity index (χ2v) is 8.08. The average Bonchev–Trinajstić information content (AvgIpc) is 3.20. The summed E-state index contributed by atoms with van der Waals surface area (Å²) in [6, 6.07) is 7.44. The van der Waals surface area contributed by atoms with Gasteiger partial charge in [0.15, 0.2) is 5.82 Å². The minimum Gasteiger partial charge on any atom is -0.406 e. The first-order chi connectivity index (χ1) is 17.0. The van der Waals surface area contributed by atoms with Crippen molar-refractivity contribution in [2.24, 2.45) is 0 Å². The maximum Gasteiger partial charge on any atom is 0.573 e. The Hall–Kier alpha value is -4.09. The molecule has 36 heavy (non-hydrogen) atoms. The summed E-state index contributed by atoms with van der Waals surface area (Å²) in [4.78, 5) is 33.9. The van der Waals surface area contributed by atoms with Gasteiger partial charge in [-0.05, 0) is 56.2 Å². The molecule has 12 heteroatoms. The number of hydrogen-bond donors (Lipinski definition) is 3. The van der Waals surface area contributed by atoms with E-state index < -0.39 is 24.1 Å². The van der Waals surface area contributed by atoms with Crippen molar-refractivity contribution in [3.05, 3.63) is 65.9 Å². The first kappa shape index (κ1) is 26.5. The van der Waals surface area contributed by atoms with Crippen LogP contribution in [0.5, 0.6) is 5.75 Å². The topological polar surface area (TPSA) is 110 Å². The van der Waals surface area contributed by atoms with Gasteiger partial charge in [-0.25, -0.2) is 9.78 Å². The number of halogens is 3. The largest absolute Gasteiger partial charge is 0.573 e. The quantitative estimate of drug-likeness (QED) is 0.360. The number of carbonyl (C=O) groups is 2. The standard InChI is InChI=1S/C24H27F3N6O3/c1-4-5-12-33-14-20(31-21(33)22(34)29-16(3)17-7-6-15(2)28-13-17)32-23(35)30-18-8-10-19(11-9-18)36-24(25,26)27/h6-11,13-14,16H,4-5,12H2,1-3H3,(H,29,34)(H2,30,32,35). The molecule has 2 aromatic heterocycles. The maximum atomic E-state index is 13.0. The maximum absolute atomic E-state index is 13.0. The fraction of sp³-hybridized carbons (Fsp3) is 0.333. The van der Waals surface area contributed by atoms with E-state index in [1.165, 1.54) is 12.1 Å². The molecule has 3 N–H and O–H groups in total. The average molecular weight is 505 g/mol. The van der Waals surface area contributed by atoms with Crippen LogP contribution in [-0.4, -0.2) is 32.8 Å². The summed E-state index contributed by atoms with van der Waals surface area (Å²) in [5.41, 5.74) is 1.95. The number of urea groups is 1. The minimum atomic E-state index is -4.80. The van der Waals surface area contributed by atoms with Gasteiger partial charge in [-0.2, -0.15) is 0 Å². The summed E-state index contributed by atoms with van der Waals surface area (Å²) in [6.07, 6.45) is 0.140. The molecule has 0 aliphatic carbocycles. The van der Waals surface area contributed by atoms with E-state index in [4.69, 9.17) is 0 Å². The molecule has 9 nitrogen and oxygen atoms in total. The number of alkyl halides is 3. The van der Waals surface area contributed by atoms with E-state index in [2.05, 4.69) is 30.7 Å². The zero-order valence-electron chi connectivity index (χ0n) is 20.0. The van der Waals surface area contributed by atoms with Gasteiger partial charge in [0.25, 0.3) is 5.91 Å². The lowest BCUT2D eigenvalue weighted by molar-refractivity contribution is -0.274. The molecule has 0 fully saturated rings. The van der Waals surface area contributed by atoms with Crippen molar-refractivity contribution in [3.8, 4) is 5.75 Å². The molecule has 1 aromatic carbocycles. The second kappa shape index (κ2) is 11.6. The number of benzene rings is 1. The Balaban J connectivity index is 1.67. The molecule has 3 rings (SSSR count). The summed E-state index contributed by atoms with van der Waals surface area (Å²) in [5.74, 6) is -0.530. The van der Waals surface area contributed by atoms with E-state index in [0.29, 0.717) is 6.54 Å². The lowest BCUT2D eigenvalue weighted by Gasteiger charge is -2.14. The van der Waals surface area contributed by atoms with Crippen LogP contribution in [0.25, 0.3) is 0 Å². The van der Waals surface area contributed by atoms with E-state index in [0.717, 1.165) is 36.2 Å². The number of ether oxygens (including phenoxy) is 1. The number of anilines is 2. The number of amides is 3. The van der Waals surface area contributed by atoms with Gasteiger partial charge in [0.1, 0.15) is 5.75 Å². The third-order valence-electron chi connectivity index (χ3n) is 5.10.